The summed E-state index contributed by atoms with van der Waals surface area (Å²) in [6.07, 6.45) is 14.8. The number of ketones is 1. The maximum atomic E-state index is 12.0. The molecule has 2 heteroatoms. The minimum absolute atomic E-state index is 0.123. The molecule has 0 aromatic rings. The molecular formula is C28H40O2. The lowest BCUT2D eigenvalue weighted by Gasteiger charge is -2.50. The summed E-state index contributed by atoms with van der Waals surface area (Å²) in [5, 5.41) is 10.7. The summed E-state index contributed by atoms with van der Waals surface area (Å²) >= 11 is 0. The van der Waals surface area contributed by atoms with Crippen LogP contribution in [0.3, 0.4) is 0 Å². The topological polar surface area (TPSA) is 37.3 Å². The number of rotatable bonds is 4. The lowest BCUT2D eigenvalue weighted by molar-refractivity contribution is -0.116. The second-order valence-corrected chi connectivity index (χ2v) is 11.4. The Morgan fingerprint density at radius 3 is 2.53 bits per heavy atom. The van der Waals surface area contributed by atoms with Crippen molar-refractivity contribution < 1.29 is 9.90 Å². The van der Waals surface area contributed by atoms with Crippen molar-refractivity contribution >= 4 is 5.78 Å². The summed E-state index contributed by atoms with van der Waals surface area (Å²) in [5.74, 6) is 2.14. The van der Waals surface area contributed by atoms with Crippen LogP contribution in [0, 0.1) is 34.5 Å². The standard InChI is InChI=1S/C28H40O2/c1-17(2)19(4)26(30)15-18(3)23-9-10-24-22-8-7-20-16-21(29)11-13-27(20,5)25(22)12-14-28(23,24)6/h7-8,15-17,19,23,25-26,30H,9-14H2,1-6H3/b18-15-/t19-,23-,25+,26+,27+,28-/m1/s1. The third kappa shape index (κ3) is 3.30. The molecule has 1 fully saturated rings. The molecule has 0 amide bonds. The van der Waals surface area contributed by atoms with Crippen molar-refractivity contribution in [2.45, 2.75) is 86.2 Å². The van der Waals surface area contributed by atoms with Crippen molar-refractivity contribution in [1.29, 1.82) is 0 Å². The SMILES string of the molecule is C/C(=C/[C@H](O)[C@H](C)C(C)C)[C@H]1CCC2=C3C=CC4=CC(=O)CC[C@]4(C)[C@H]3CC[C@@]21C. The first-order chi connectivity index (χ1) is 14.1. The van der Waals surface area contributed by atoms with Gasteiger partial charge in [-0.25, -0.2) is 0 Å². The van der Waals surface area contributed by atoms with Crippen molar-refractivity contribution in [3.05, 3.63) is 46.6 Å². The molecule has 0 aromatic heterocycles. The van der Waals surface area contributed by atoms with Crippen LogP contribution in [0.4, 0.5) is 0 Å². The molecule has 4 aliphatic carbocycles. The second-order valence-electron chi connectivity index (χ2n) is 11.4. The maximum absolute atomic E-state index is 12.0. The zero-order chi connectivity index (χ0) is 21.8. The number of carbonyl (C=O) groups excluding carboxylic acids is 1. The van der Waals surface area contributed by atoms with E-state index in [0.29, 0.717) is 30.0 Å². The average Bonchev–Trinajstić information content (AvgIpc) is 3.05. The highest BCUT2D eigenvalue weighted by atomic mass is 16.3. The molecule has 0 saturated heterocycles. The first-order valence-corrected chi connectivity index (χ1v) is 12.1. The van der Waals surface area contributed by atoms with E-state index in [1.807, 2.05) is 6.08 Å². The van der Waals surface area contributed by atoms with Gasteiger partial charge in [-0.3, -0.25) is 4.79 Å². The van der Waals surface area contributed by atoms with Crippen molar-refractivity contribution in [3.63, 3.8) is 0 Å². The third-order valence-corrected chi connectivity index (χ3v) is 9.47. The molecule has 164 valence electrons. The second kappa shape index (κ2) is 7.62. The Hall–Kier alpha value is -1.41. The van der Waals surface area contributed by atoms with Gasteiger partial charge in [0.15, 0.2) is 5.78 Å². The van der Waals surface area contributed by atoms with E-state index in [2.05, 4.69) is 59.8 Å². The number of hydrogen-bond donors (Lipinski definition) is 1. The fraction of sp³-hybridized carbons (Fsp3) is 0.679. The van der Waals surface area contributed by atoms with E-state index in [-0.39, 0.29) is 22.9 Å². The number of fused-ring (bicyclic) bond motifs is 4. The average molecular weight is 409 g/mol. The van der Waals surface area contributed by atoms with Crippen LogP contribution in [0.25, 0.3) is 0 Å². The zero-order valence-corrected chi connectivity index (χ0v) is 19.8. The fourth-order valence-electron chi connectivity index (χ4n) is 6.98. The van der Waals surface area contributed by atoms with E-state index in [1.165, 1.54) is 36.8 Å². The molecule has 1 N–H and O–H groups in total. The van der Waals surface area contributed by atoms with Crippen LogP contribution in [0.2, 0.25) is 0 Å². The van der Waals surface area contributed by atoms with Crippen LogP contribution >= 0.6 is 0 Å². The molecule has 1 saturated carbocycles. The highest BCUT2D eigenvalue weighted by Gasteiger charge is 2.52. The molecule has 4 aliphatic rings. The van der Waals surface area contributed by atoms with E-state index in [4.69, 9.17) is 0 Å². The molecule has 0 bridgehead atoms. The largest absolute Gasteiger partial charge is 0.389 e. The molecule has 0 radical (unpaired) electrons. The summed E-state index contributed by atoms with van der Waals surface area (Å²) in [6, 6.07) is 0. The number of aliphatic hydroxyl groups excluding tert-OH is 1. The summed E-state index contributed by atoms with van der Waals surface area (Å²) < 4.78 is 0. The molecule has 2 nitrogen and oxygen atoms in total. The van der Waals surface area contributed by atoms with Crippen LogP contribution in [-0.4, -0.2) is 17.0 Å². The minimum atomic E-state index is -0.359. The van der Waals surface area contributed by atoms with Crippen LogP contribution in [-0.2, 0) is 4.79 Å². The van der Waals surface area contributed by atoms with E-state index >= 15 is 0 Å². The quantitative estimate of drug-likeness (QED) is 0.534. The zero-order valence-electron chi connectivity index (χ0n) is 19.8. The van der Waals surface area contributed by atoms with Gasteiger partial charge in [-0.15, -0.1) is 0 Å². The summed E-state index contributed by atoms with van der Waals surface area (Å²) in [6.45, 7) is 13.7. The van der Waals surface area contributed by atoms with Crippen LogP contribution in [0.1, 0.15) is 80.1 Å². The molecule has 30 heavy (non-hydrogen) atoms. The Balaban J connectivity index is 1.68. The number of hydrogen-bond acceptors (Lipinski definition) is 2. The van der Waals surface area contributed by atoms with E-state index in [9.17, 15) is 9.90 Å². The van der Waals surface area contributed by atoms with Gasteiger partial charge in [-0.2, -0.15) is 0 Å². The lowest BCUT2D eigenvalue weighted by atomic mass is 9.53. The molecule has 0 unspecified atom stereocenters. The highest BCUT2D eigenvalue weighted by Crippen LogP contribution is 2.63. The van der Waals surface area contributed by atoms with Gasteiger partial charge in [0, 0.05) is 6.42 Å². The highest BCUT2D eigenvalue weighted by molar-refractivity contribution is 5.92. The van der Waals surface area contributed by atoms with Gasteiger partial charge in [0.25, 0.3) is 0 Å². The van der Waals surface area contributed by atoms with Crippen molar-refractivity contribution in [2.24, 2.45) is 34.5 Å². The van der Waals surface area contributed by atoms with Crippen molar-refractivity contribution in [2.75, 3.05) is 0 Å². The van der Waals surface area contributed by atoms with Crippen molar-refractivity contribution in [1.82, 2.24) is 0 Å². The summed E-state index contributed by atoms with van der Waals surface area (Å²) in [7, 11) is 0. The Labute approximate surface area is 183 Å². The summed E-state index contributed by atoms with van der Waals surface area (Å²) in [4.78, 5) is 12.0. The molecule has 0 spiro atoms. The first kappa shape index (κ1) is 21.8. The minimum Gasteiger partial charge on any atom is -0.389 e. The van der Waals surface area contributed by atoms with Crippen LogP contribution in [0.5, 0.6) is 0 Å². The predicted molar refractivity (Wildman–Crippen MR) is 124 cm³/mol. The summed E-state index contributed by atoms with van der Waals surface area (Å²) in [5.41, 5.74) is 6.20. The first-order valence-electron chi connectivity index (χ1n) is 12.1. The van der Waals surface area contributed by atoms with Crippen LogP contribution < -0.4 is 0 Å². The Morgan fingerprint density at radius 2 is 1.83 bits per heavy atom. The van der Waals surface area contributed by atoms with Gasteiger partial charge >= 0.3 is 0 Å². The van der Waals surface area contributed by atoms with Gasteiger partial charge in [0.1, 0.15) is 0 Å². The fourth-order valence-corrected chi connectivity index (χ4v) is 6.98. The van der Waals surface area contributed by atoms with Crippen LogP contribution in [0.15, 0.2) is 46.6 Å². The molecule has 6 atom stereocenters. The molecule has 4 rings (SSSR count). The lowest BCUT2D eigenvalue weighted by Crippen LogP contribution is -2.41. The van der Waals surface area contributed by atoms with E-state index in [0.717, 1.165) is 6.42 Å². The molecule has 0 aromatic carbocycles. The number of aliphatic hydroxyl groups is 1. The Kier molecular flexibility index (Phi) is 5.54. The monoisotopic (exact) mass is 408 g/mol. The third-order valence-electron chi connectivity index (χ3n) is 9.47. The van der Waals surface area contributed by atoms with Gasteiger partial charge < -0.3 is 5.11 Å². The van der Waals surface area contributed by atoms with Gasteiger partial charge in [0.05, 0.1) is 6.10 Å². The van der Waals surface area contributed by atoms with E-state index < -0.39 is 0 Å². The predicted octanol–water partition coefficient (Wildman–Crippen LogP) is 6.57. The number of carbonyl (C=O) groups is 1. The molecule has 0 heterocycles. The van der Waals surface area contributed by atoms with Gasteiger partial charge in [-0.05, 0) is 90.8 Å². The molecular weight excluding hydrogens is 368 g/mol. The Bertz CT molecular complexity index is 854. The van der Waals surface area contributed by atoms with Gasteiger partial charge in [-0.1, -0.05) is 64.0 Å². The van der Waals surface area contributed by atoms with Gasteiger partial charge in [0.2, 0.25) is 0 Å². The molecule has 0 aliphatic heterocycles. The maximum Gasteiger partial charge on any atom is 0.156 e. The van der Waals surface area contributed by atoms with Crippen molar-refractivity contribution in [3.8, 4) is 0 Å². The normalized spacial score (nSPS) is 38.2. The van der Waals surface area contributed by atoms with E-state index in [1.54, 1.807) is 11.1 Å². The Morgan fingerprint density at radius 1 is 1.10 bits per heavy atom. The number of allylic oxidation sites excluding steroid dienone is 7. The smallest absolute Gasteiger partial charge is 0.156 e.